The third kappa shape index (κ3) is 7.01. The third-order valence-electron chi connectivity index (χ3n) is 4.77. The summed E-state index contributed by atoms with van der Waals surface area (Å²) in [5, 5.41) is 8.28. The van der Waals surface area contributed by atoms with Gasteiger partial charge in [0.05, 0.1) is 23.0 Å². The van der Waals surface area contributed by atoms with E-state index < -0.39 is 11.7 Å². The van der Waals surface area contributed by atoms with Gasteiger partial charge in [0, 0.05) is 19.3 Å². The number of H-pyrrole nitrogens is 1. The van der Waals surface area contributed by atoms with E-state index in [1.54, 1.807) is 6.20 Å². The SMILES string of the molecule is CCCCCCN(CCC)c1nc2c(C(N)=O)cc(F)cc2[nH]1.Cc1cnc(C#N)cn1. The van der Waals surface area contributed by atoms with E-state index in [1.807, 2.05) is 13.0 Å². The van der Waals surface area contributed by atoms with Crippen molar-refractivity contribution in [3.8, 4) is 6.07 Å². The molecular weight excluding hydrogens is 409 g/mol. The van der Waals surface area contributed by atoms with Crippen LogP contribution in [0.5, 0.6) is 0 Å². The molecule has 2 heterocycles. The van der Waals surface area contributed by atoms with E-state index in [-0.39, 0.29) is 5.56 Å². The second-order valence-corrected chi connectivity index (χ2v) is 7.48. The Labute approximate surface area is 187 Å². The van der Waals surface area contributed by atoms with Crippen LogP contribution in [0.3, 0.4) is 0 Å². The lowest BCUT2D eigenvalue weighted by atomic mass is 10.1. The summed E-state index contributed by atoms with van der Waals surface area (Å²) in [6.07, 6.45) is 8.69. The van der Waals surface area contributed by atoms with Crippen LogP contribution in [0, 0.1) is 24.1 Å². The zero-order valence-corrected chi connectivity index (χ0v) is 18.9. The number of nitriles is 1. The number of benzene rings is 1. The number of nitrogens with two attached hydrogens (primary N) is 1. The Morgan fingerprint density at radius 2 is 1.94 bits per heavy atom. The first-order chi connectivity index (χ1) is 15.4. The molecule has 0 radical (unpaired) electrons. The first-order valence-electron chi connectivity index (χ1n) is 10.8. The fourth-order valence-electron chi connectivity index (χ4n) is 3.18. The molecule has 0 aliphatic rings. The number of nitrogens with one attached hydrogen (secondary N) is 1. The lowest BCUT2D eigenvalue weighted by molar-refractivity contribution is 0.100. The number of hydrogen-bond donors (Lipinski definition) is 2. The van der Waals surface area contributed by atoms with Crippen LogP contribution in [0.15, 0.2) is 24.5 Å². The number of aromatic nitrogens is 4. The molecule has 0 saturated heterocycles. The number of fused-ring (bicyclic) bond motifs is 1. The second-order valence-electron chi connectivity index (χ2n) is 7.48. The van der Waals surface area contributed by atoms with Crippen molar-refractivity contribution >= 4 is 22.9 Å². The highest BCUT2D eigenvalue weighted by Crippen LogP contribution is 2.23. The molecule has 0 bridgehead atoms. The van der Waals surface area contributed by atoms with E-state index in [4.69, 9.17) is 11.0 Å². The Balaban J connectivity index is 0.000000336. The van der Waals surface area contributed by atoms with E-state index in [0.29, 0.717) is 22.7 Å². The zero-order valence-electron chi connectivity index (χ0n) is 18.9. The second kappa shape index (κ2) is 12.3. The molecule has 1 aromatic carbocycles. The van der Waals surface area contributed by atoms with E-state index in [2.05, 4.69) is 38.7 Å². The van der Waals surface area contributed by atoms with Crippen molar-refractivity contribution in [2.24, 2.45) is 5.73 Å². The molecule has 8 nitrogen and oxygen atoms in total. The molecule has 3 aromatic rings. The maximum absolute atomic E-state index is 13.6. The van der Waals surface area contributed by atoms with Crippen molar-refractivity contribution in [1.29, 1.82) is 5.26 Å². The number of nitrogens with zero attached hydrogens (tertiary/aromatic N) is 5. The number of imidazole rings is 1. The molecule has 0 spiro atoms. The number of carbonyl (C=O) groups is 1. The normalized spacial score (nSPS) is 10.3. The summed E-state index contributed by atoms with van der Waals surface area (Å²) >= 11 is 0. The lowest BCUT2D eigenvalue weighted by Crippen LogP contribution is -2.26. The molecule has 0 atom stereocenters. The Kier molecular flexibility index (Phi) is 9.54. The fraction of sp³-hybridized carbons (Fsp3) is 0.435. The molecule has 0 saturated carbocycles. The van der Waals surface area contributed by atoms with Gasteiger partial charge in [-0.3, -0.25) is 9.78 Å². The van der Waals surface area contributed by atoms with Crippen LogP contribution < -0.4 is 10.6 Å². The van der Waals surface area contributed by atoms with Gasteiger partial charge >= 0.3 is 0 Å². The third-order valence-corrected chi connectivity index (χ3v) is 4.77. The molecule has 9 heteroatoms. The molecule has 0 aliphatic heterocycles. The van der Waals surface area contributed by atoms with Gasteiger partial charge in [0.2, 0.25) is 5.95 Å². The van der Waals surface area contributed by atoms with Gasteiger partial charge in [0.25, 0.3) is 5.91 Å². The molecule has 0 aliphatic carbocycles. The smallest absolute Gasteiger partial charge is 0.251 e. The van der Waals surface area contributed by atoms with Crippen LogP contribution in [-0.4, -0.2) is 38.9 Å². The van der Waals surface area contributed by atoms with E-state index in [1.165, 1.54) is 31.5 Å². The largest absolute Gasteiger partial charge is 0.366 e. The number of hydrogen-bond acceptors (Lipinski definition) is 6. The van der Waals surface area contributed by atoms with Crippen molar-refractivity contribution in [3.05, 3.63) is 47.3 Å². The Hall–Kier alpha value is -3.54. The van der Waals surface area contributed by atoms with Gasteiger partial charge in [-0.15, -0.1) is 0 Å². The minimum absolute atomic E-state index is 0.116. The van der Waals surface area contributed by atoms with Gasteiger partial charge in [-0.2, -0.15) is 5.26 Å². The Morgan fingerprint density at radius 1 is 1.16 bits per heavy atom. The summed E-state index contributed by atoms with van der Waals surface area (Å²) in [6.45, 7) is 7.87. The van der Waals surface area contributed by atoms with E-state index in [9.17, 15) is 9.18 Å². The summed E-state index contributed by atoms with van der Waals surface area (Å²) in [5.41, 5.74) is 7.58. The summed E-state index contributed by atoms with van der Waals surface area (Å²) < 4.78 is 13.6. The molecule has 0 unspecified atom stereocenters. The number of amides is 1. The summed E-state index contributed by atoms with van der Waals surface area (Å²) in [4.78, 5) is 28.9. The topological polar surface area (TPSA) is 125 Å². The molecule has 3 N–H and O–H groups in total. The number of aryl methyl sites for hydroxylation is 1. The van der Waals surface area contributed by atoms with Crippen molar-refractivity contribution in [2.45, 2.75) is 52.9 Å². The predicted molar refractivity (Wildman–Crippen MR) is 123 cm³/mol. The van der Waals surface area contributed by atoms with Gasteiger partial charge in [-0.25, -0.2) is 14.4 Å². The monoisotopic (exact) mass is 439 g/mol. The van der Waals surface area contributed by atoms with E-state index in [0.717, 1.165) is 37.7 Å². The fourth-order valence-corrected chi connectivity index (χ4v) is 3.18. The first-order valence-corrected chi connectivity index (χ1v) is 10.8. The summed E-state index contributed by atoms with van der Waals surface area (Å²) in [7, 11) is 0. The maximum Gasteiger partial charge on any atom is 0.251 e. The predicted octanol–water partition coefficient (Wildman–Crippen LogP) is 4.25. The molecule has 2 aromatic heterocycles. The van der Waals surface area contributed by atoms with Crippen LogP contribution in [0.2, 0.25) is 0 Å². The van der Waals surface area contributed by atoms with Crippen molar-refractivity contribution in [3.63, 3.8) is 0 Å². The van der Waals surface area contributed by atoms with Crippen molar-refractivity contribution < 1.29 is 9.18 Å². The summed E-state index contributed by atoms with van der Waals surface area (Å²) in [5.74, 6) is -0.490. The van der Waals surface area contributed by atoms with Crippen LogP contribution >= 0.6 is 0 Å². The number of rotatable bonds is 9. The highest BCUT2D eigenvalue weighted by atomic mass is 19.1. The highest BCUT2D eigenvalue weighted by Gasteiger charge is 2.16. The standard InChI is InChI=1S/C17H25FN4O.C6H5N3/c1-3-5-6-7-9-22(8-4-2)17-20-14-11-12(18)10-13(16(19)23)15(14)21-17;1-5-3-9-6(2-7)4-8-5/h10-11H,3-9H2,1-2H3,(H2,19,23)(H,20,21);3-4H,1H3. The number of unbranched alkanes of at least 4 members (excludes halogenated alkanes) is 3. The molecular formula is C23H30FN7O. The van der Waals surface area contributed by atoms with Gasteiger partial charge in [0.1, 0.15) is 17.4 Å². The van der Waals surface area contributed by atoms with Crippen LogP contribution in [0.1, 0.15) is 67.7 Å². The van der Waals surface area contributed by atoms with Crippen LogP contribution in [0.4, 0.5) is 10.3 Å². The molecule has 170 valence electrons. The van der Waals surface area contributed by atoms with Gasteiger partial charge in [-0.05, 0) is 31.9 Å². The van der Waals surface area contributed by atoms with Gasteiger partial charge < -0.3 is 15.6 Å². The number of halogens is 1. The summed E-state index contributed by atoms with van der Waals surface area (Å²) in [6, 6.07) is 4.37. The zero-order chi connectivity index (χ0) is 23.5. The Morgan fingerprint density at radius 3 is 2.53 bits per heavy atom. The first kappa shape index (κ1) is 24.7. The maximum atomic E-state index is 13.6. The average Bonchev–Trinajstić information content (AvgIpc) is 3.20. The Bertz CT molecular complexity index is 1060. The molecule has 3 rings (SSSR count). The molecule has 0 fully saturated rings. The minimum atomic E-state index is -0.669. The lowest BCUT2D eigenvalue weighted by Gasteiger charge is -2.21. The quantitative estimate of drug-likeness (QED) is 0.480. The minimum Gasteiger partial charge on any atom is -0.366 e. The highest BCUT2D eigenvalue weighted by molar-refractivity contribution is 6.04. The number of anilines is 1. The average molecular weight is 440 g/mol. The van der Waals surface area contributed by atoms with Crippen molar-refractivity contribution in [1.82, 2.24) is 19.9 Å². The van der Waals surface area contributed by atoms with Gasteiger partial charge in [0.15, 0.2) is 5.69 Å². The number of carbonyl (C=O) groups excluding carboxylic acids is 1. The van der Waals surface area contributed by atoms with Crippen molar-refractivity contribution in [2.75, 3.05) is 18.0 Å². The molecule has 32 heavy (non-hydrogen) atoms. The number of primary amides is 1. The molecule has 1 amide bonds. The number of aromatic amines is 1. The van der Waals surface area contributed by atoms with Gasteiger partial charge in [-0.1, -0.05) is 33.1 Å². The van der Waals surface area contributed by atoms with Crippen LogP contribution in [-0.2, 0) is 0 Å². The van der Waals surface area contributed by atoms with Crippen LogP contribution in [0.25, 0.3) is 11.0 Å². The van der Waals surface area contributed by atoms with E-state index >= 15 is 0 Å².